The summed E-state index contributed by atoms with van der Waals surface area (Å²) in [7, 11) is 0. The molecule has 0 fully saturated rings. The van der Waals surface area contributed by atoms with E-state index >= 15 is 0 Å². The molecule has 54 heavy (non-hydrogen) atoms. The third-order valence-corrected chi connectivity index (χ3v) is 10.1. The van der Waals surface area contributed by atoms with Gasteiger partial charge < -0.3 is 9.67 Å². The van der Waals surface area contributed by atoms with Crippen molar-refractivity contribution in [3.63, 3.8) is 0 Å². The van der Waals surface area contributed by atoms with Gasteiger partial charge in [-0.3, -0.25) is 9.69 Å². The van der Waals surface area contributed by atoms with Crippen molar-refractivity contribution in [2.45, 2.75) is 6.23 Å². The van der Waals surface area contributed by atoms with Crippen LogP contribution in [0.3, 0.4) is 0 Å². The van der Waals surface area contributed by atoms with Gasteiger partial charge in [-0.25, -0.2) is 15.0 Å². The molecule has 3 heterocycles. The number of amides is 1. The van der Waals surface area contributed by atoms with Gasteiger partial charge in [-0.05, 0) is 42.0 Å². The number of aliphatic hydroxyl groups excluding tert-OH is 1. The Kier molecular flexibility index (Phi) is 7.45. The second kappa shape index (κ2) is 12.8. The fourth-order valence-electron chi connectivity index (χ4n) is 7.66. The van der Waals surface area contributed by atoms with E-state index in [-0.39, 0.29) is 5.91 Å². The van der Waals surface area contributed by atoms with Gasteiger partial charge in [0.25, 0.3) is 5.91 Å². The second-order valence-corrected chi connectivity index (χ2v) is 13.3. The van der Waals surface area contributed by atoms with Gasteiger partial charge in [0, 0.05) is 38.6 Å². The molecule has 2 aromatic heterocycles. The van der Waals surface area contributed by atoms with Crippen LogP contribution in [0, 0.1) is 0 Å². The molecular formula is C47H31N5O2. The van der Waals surface area contributed by atoms with Gasteiger partial charge >= 0.3 is 0 Å². The highest BCUT2D eigenvalue weighted by Crippen LogP contribution is 2.44. The van der Waals surface area contributed by atoms with Crippen LogP contribution < -0.4 is 4.90 Å². The third kappa shape index (κ3) is 5.10. The average Bonchev–Trinajstić information content (AvgIpc) is 3.71. The smallest absolute Gasteiger partial charge is 0.263 e. The normalized spacial score (nSPS) is 13.8. The lowest BCUT2D eigenvalue weighted by atomic mass is 10.0. The zero-order valence-electron chi connectivity index (χ0n) is 28.9. The summed E-state index contributed by atoms with van der Waals surface area (Å²) in [5, 5.41) is 13.8. The quantitative estimate of drug-likeness (QED) is 0.187. The second-order valence-electron chi connectivity index (χ2n) is 13.3. The molecule has 256 valence electrons. The van der Waals surface area contributed by atoms with Crippen LogP contribution in [0.25, 0.3) is 72.8 Å². The fraction of sp³-hybridized carbons (Fsp3) is 0.0213. The van der Waals surface area contributed by atoms with Crippen LogP contribution in [-0.4, -0.2) is 30.5 Å². The van der Waals surface area contributed by atoms with Crippen LogP contribution in [-0.2, 0) is 0 Å². The van der Waals surface area contributed by atoms with Crippen LogP contribution in [0.1, 0.15) is 22.1 Å². The summed E-state index contributed by atoms with van der Waals surface area (Å²) in [6, 6.07) is 57.7. The molecule has 1 atom stereocenters. The number of carbonyl (C=O) groups excluding carboxylic acids is 1. The molecule has 0 saturated carbocycles. The predicted octanol–water partition coefficient (Wildman–Crippen LogP) is 10.3. The number of hydrogen-bond donors (Lipinski definition) is 1. The molecular weight excluding hydrogens is 667 g/mol. The molecule has 7 nitrogen and oxygen atoms in total. The lowest BCUT2D eigenvalue weighted by Gasteiger charge is -2.24. The van der Waals surface area contributed by atoms with Gasteiger partial charge in [0.1, 0.15) is 0 Å². The number of rotatable bonds is 6. The molecule has 1 N–H and O–H groups in total. The monoisotopic (exact) mass is 697 g/mol. The van der Waals surface area contributed by atoms with Crippen molar-refractivity contribution in [1.82, 2.24) is 19.5 Å². The van der Waals surface area contributed by atoms with Crippen LogP contribution in [0.5, 0.6) is 0 Å². The molecule has 1 amide bonds. The van der Waals surface area contributed by atoms with Gasteiger partial charge in [0.15, 0.2) is 23.7 Å². The zero-order chi connectivity index (χ0) is 36.2. The number of para-hydroxylation sites is 2. The minimum atomic E-state index is -1.15. The fourth-order valence-corrected chi connectivity index (χ4v) is 7.66. The summed E-state index contributed by atoms with van der Waals surface area (Å²) in [5.74, 6) is 1.49. The number of benzene rings is 7. The molecule has 10 rings (SSSR count). The first-order valence-corrected chi connectivity index (χ1v) is 17.8. The minimum absolute atomic E-state index is 0.258. The molecule has 0 bridgehead atoms. The molecule has 1 aliphatic heterocycles. The number of nitrogens with zero attached hydrogens (tertiary/aromatic N) is 5. The summed E-state index contributed by atoms with van der Waals surface area (Å²) < 4.78 is 2.13. The zero-order valence-corrected chi connectivity index (χ0v) is 28.9. The van der Waals surface area contributed by atoms with E-state index in [9.17, 15) is 9.90 Å². The van der Waals surface area contributed by atoms with Crippen LogP contribution in [0.2, 0.25) is 0 Å². The highest BCUT2D eigenvalue weighted by Gasteiger charge is 2.40. The van der Waals surface area contributed by atoms with Crippen molar-refractivity contribution in [2.24, 2.45) is 0 Å². The van der Waals surface area contributed by atoms with E-state index in [2.05, 4.69) is 28.8 Å². The van der Waals surface area contributed by atoms with Crippen molar-refractivity contribution < 1.29 is 9.90 Å². The maximum absolute atomic E-state index is 14.6. The molecule has 0 radical (unpaired) electrons. The summed E-state index contributed by atoms with van der Waals surface area (Å²) in [6.45, 7) is 0. The van der Waals surface area contributed by atoms with E-state index in [1.54, 1.807) is 0 Å². The lowest BCUT2D eigenvalue weighted by Crippen LogP contribution is -2.28. The Hall–Kier alpha value is -7.22. The third-order valence-electron chi connectivity index (χ3n) is 10.1. The Balaban J connectivity index is 1.13. The van der Waals surface area contributed by atoms with Gasteiger partial charge in [0.05, 0.1) is 28.0 Å². The van der Waals surface area contributed by atoms with E-state index in [1.807, 2.05) is 152 Å². The molecule has 0 spiro atoms. The first-order valence-electron chi connectivity index (χ1n) is 17.8. The minimum Gasteiger partial charge on any atom is -0.369 e. The lowest BCUT2D eigenvalue weighted by molar-refractivity contribution is 0.0935. The number of carbonyl (C=O) groups is 1. The topological polar surface area (TPSA) is 84.1 Å². The Bertz CT molecular complexity index is 2810. The first kappa shape index (κ1) is 31.5. The predicted molar refractivity (Wildman–Crippen MR) is 214 cm³/mol. The van der Waals surface area contributed by atoms with Crippen molar-refractivity contribution in [2.75, 3.05) is 4.90 Å². The number of aliphatic hydroxyl groups is 1. The van der Waals surface area contributed by atoms with Gasteiger partial charge in [-0.15, -0.1) is 0 Å². The van der Waals surface area contributed by atoms with Crippen molar-refractivity contribution in [3.05, 3.63) is 187 Å². The van der Waals surface area contributed by atoms with E-state index in [0.29, 0.717) is 40.0 Å². The van der Waals surface area contributed by atoms with Crippen molar-refractivity contribution in [3.8, 4) is 51.0 Å². The molecule has 7 heteroatoms. The van der Waals surface area contributed by atoms with Crippen molar-refractivity contribution >= 4 is 33.4 Å². The molecule has 1 unspecified atom stereocenters. The number of hydrogen-bond acceptors (Lipinski definition) is 5. The van der Waals surface area contributed by atoms with Crippen LogP contribution >= 0.6 is 0 Å². The molecule has 0 aliphatic carbocycles. The maximum atomic E-state index is 14.6. The van der Waals surface area contributed by atoms with Gasteiger partial charge in [-0.2, -0.15) is 0 Å². The molecule has 9 aromatic rings. The Labute approximate surface area is 311 Å². The Morgan fingerprint density at radius 1 is 0.463 bits per heavy atom. The summed E-state index contributed by atoms with van der Waals surface area (Å²) in [4.78, 5) is 31.0. The standard InChI is InChI=1S/C47H31N5O2/c53-46-36-23-14-26-41(42(36)47(54)52(46)38-24-12-10-21-34(38)30-15-4-1-5-16-30)51-39-25-13-11-22-35(39)37-29-33(27-28-40(37)51)45-49-43(31-17-6-2-7-18-31)48-44(50-45)32-19-8-3-9-20-32/h1-29,46,53H. The largest absolute Gasteiger partial charge is 0.369 e. The number of anilines is 1. The van der Waals surface area contributed by atoms with Gasteiger partial charge in [0.2, 0.25) is 0 Å². The summed E-state index contributed by atoms with van der Waals surface area (Å²) >= 11 is 0. The summed E-state index contributed by atoms with van der Waals surface area (Å²) in [5.41, 5.74) is 8.73. The SMILES string of the molecule is O=C1c2c(cccc2-n2c3ccccc3c3cc(-c4nc(-c5ccccc5)nc(-c5ccccc5)n4)ccc32)C(O)N1c1ccccc1-c1ccccc1. The number of aromatic nitrogens is 4. The van der Waals surface area contributed by atoms with Crippen molar-refractivity contribution in [1.29, 1.82) is 0 Å². The molecule has 7 aromatic carbocycles. The Morgan fingerprint density at radius 3 is 1.69 bits per heavy atom. The highest BCUT2D eigenvalue weighted by molar-refractivity contribution is 6.16. The van der Waals surface area contributed by atoms with E-state index in [1.165, 1.54) is 4.90 Å². The van der Waals surface area contributed by atoms with Crippen LogP contribution in [0.4, 0.5) is 5.69 Å². The molecule has 0 saturated heterocycles. The molecule has 1 aliphatic rings. The average molecular weight is 698 g/mol. The van der Waals surface area contributed by atoms with E-state index in [0.717, 1.165) is 49.6 Å². The number of fused-ring (bicyclic) bond motifs is 4. The highest BCUT2D eigenvalue weighted by atomic mass is 16.3. The van der Waals surface area contributed by atoms with E-state index in [4.69, 9.17) is 15.0 Å². The van der Waals surface area contributed by atoms with Gasteiger partial charge in [-0.1, -0.05) is 140 Å². The van der Waals surface area contributed by atoms with Crippen LogP contribution in [0.15, 0.2) is 176 Å². The summed E-state index contributed by atoms with van der Waals surface area (Å²) in [6.07, 6.45) is -1.15. The Morgan fingerprint density at radius 2 is 1.00 bits per heavy atom. The first-order chi connectivity index (χ1) is 26.6. The maximum Gasteiger partial charge on any atom is 0.263 e. The van der Waals surface area contributed by atoms with E-state index < -0.39 is 6.23 Å².